The predicted octanol–water partition coefficient (Wildman–Crippen LogP) is 3.14. The molecule has 1 heterocycles. The lowest BCUT2D eigenvalue weighted by atomic mass is 9.85. The third-order valence-corrected chi connectivity index (χ3v) is 4.74. The van der Waals surface area contributed by atoms with Crippen LogP contribution in [0.3, 0.4) is 0 Å². The van der Waals surface area contributed by atoms with Crippen molar-refractivity contribution in [2.45, 2.75) is 72.0 Å². The second-order valence-electron chi connectivity index (χ2n) is 8.47. The number of unbranched alkanes of at least 4 members (excludes halogenated alkanes) is 1. The van der Waals surface area contributed by atoms with Crippen LogP contribution in [0.4, 0.5) is 0 Å². The van der Waals surface area contributed by atoms with Gasteiger partial charge in [-0.15, -0.1) is 0 Å². The molecule has 1 fully saturated rings. The lowest BCUT2D eigenvalue weighted by Crippen LogP contribution is -3.15. The fourth-order valence-electron chi connectivity index (χ4n) is 3.61. The minimum absolute atomic E-state index is 0.117. The average molecular weight is 335 g/mol. The van der Waals surface area contributed by atoms with Crippen LogP contribution in [-0.4, -0.2) is 38.4 Å². The molecule has 0 radical (unpaired) electrons. The molecule has 136 valence electrons. The van der Waals surface area contributed by atoms with Crippen molar-refractivity contribution in [3.63, 3.8) is 0 Å². The molecule has 0 saturated carbocycles. The second kappa shape index (κ2) is 8.35. The molecule has 1 aromatic carbocycles. The van der Waals surface area contributed by atoms with Crippen molar-refractivity contribution < 1.29 is 14.4 Å². The molecule has 0 bridgehead atoms. The van der Waals surface area contributed by atoms with Crippen molar-refractivity contribution in [3.05, 3.63) is 29.3 Å². The minimum Gasteiger partial charge on any atom is -0.493 e. The van der Waals surface area contributed by atoms with Gasteiger partial charge in [-0.05, 0) is 50.7 Å². The fourth-order valence-corrected chi connectivity index (χ4v) is 3.61. The van der Waals surface area contributed by atoms with Crippen LogP contribution >= 0.6 is 0 Å². The van der Waals surface area contributed by atoms with Gasteiger partial charge in [0.05, 0.1) is 13.2 Å². The molecule has 1 saturated heterocycles. The Bertz CT molecular complexity index is 511. The number of nitrogens with one attached hydrogen (secondary N) is 1. The monoisotopic (exact) mass is 334 g/mol. The quantitative estimate of drug-likeness (QED) is 0.808. The maximum atomic E-state index is 6.12. The van der Waals surface area contributed by atoms with Crippen LogP contribution in [0.1, 0.15) is 58.6 Å². The average Bonchev–Trinajstić information content (AvgIpc) is 2.46. The second-order valence-corrected chi connectivity index (χ2v) is 8.47. The van der Waals surface area contributed by atoms with Crippen LogP contribution in [0.15, 0.2) is 18.2 Å². The Labute approximate surface area is 148 Å². The number of ether oxygens (including phenoxy) is 2. The number of aryl methyl sites for hydroxylation is 1. The van der Waals surface area contributed by atoms with Crippen LogP contribution in [0.5, 0.6) is 5.75 Å². The summed E-state index contributed by atoms with van der Waals surface area (Å²) in [5.41, 5.74) is 2.72. The first-order chi connectivity index (χ1) is 11.3. The van der Waals surface area contributed by atoms with Gasteiger partial charge < -0.3 is 14.4 Å². The summed E-state index contributed by atoms with van der Waals surface area (Å²) in [6.45, 7) is 17.6. The van der Waals surface area contributed by atoms with Crippen molar-refractivity contribution in [3.8, 4) is 5.75 Å². The zero-order chi connectivity index (χ0) is 17.7. The first kappa shape index (κ1) is 19.3. The highest BCUT2D eigenvalue weighted by Gasteiger charge is 2.25. The predicted molar refractivity (Wildman–Crippen MR) is 100 cm³/mol. The summed E-state index contributed by atoms with van der Waals surface area (Å²) < 4.78 is 11.9. The van der Waals surface area contributed by atoms with E-state index in [-0.39, 0.29) is 5.41 Å². The summed E-state index contributed by atoms with van der Waals surface area (Å²) in [4.78, 5) is 1.67. The third-order valence-electron chi connectivity index (χ3n) is 4.74. The molecule has 1 aliphatic heterocycles. The minimum atomic E-state index is 0.117. The van der Waals surface area contributed by atoms with Crippen LogP contribution in [0.2, 0.25) is 0 Å². The zero-order valence-corrected chi connectivity index (χ0v) is 16.4. The molecule has 2 rings (SSSR count). The van der Waals surface area contributed by atoms with Gasteiger partial charge in [0.25, 0.3) is 0 Å². The molecule has 3 heteroatoms. The van der Waals surface area contributed by atoms with Gasteiger partial charge in [-0.25, -0.2) is 0 Å². The molecular weight excluding hydrogens is 298 g/mol. The maximum absolute atomic E-state index is 6.12. The summed E-state index contributed by atoms with van der Waals surface area (Å²) >= 11 is 0. The lowest BCUT2D eigenvalue weighted by molar-refractivity contribution is -0.915. The Morgan fingerprint density at radius 2 is 1.79 bits per heavy atom. The fraction of sp³-hybridized carbons (Fsp3) is 0.714. The molecule has 0 spiro atoms. The van der Waals surface area contributed by atoms with E-state index in [1.165, 1.54) is 24.1 Å². The third kappa shape index (κ3) is 5.78. The van der Waals surface area contributed by atoms with E-state index in [1.54, 1.807) is 4.90 Å². The molecule has 3 nitrogen and oxygen atoms in total. The standard InChI is InChI=1S/C21H35NO2/c1-16-9-10-20(19(13-16)21(4,5)6)23-12-8-7-11-22-14-17(2)24-18(3)15-22/h9-10,13,17-18H,7-8,11-12,14-15H2,1-6H3/p+1/t17-,18-/m0/s1. The van der Waals surface area contributed by atoms with Crippen molar-refractivity contribution in [2.75, 3.05) is 26.2 Å². The Balaban J connectivity index is 1.77. The lowest BCUT2D eigenvalue weighted by Gasteiger charge is -2.32. The van der Waals surface area contributed by atoms with Gasteiger partial charge in [0.1, 0.15) is 31.0 Å². The number of morpholine rings is 1. The van der Waals surface area contributed by atoms with E-state index in [0.717, 1.165) is 31.9 Å². The molecular formula is C21H36NO2+. The van der Waals surface area contributed by atoms with E-state index in [0.29, 0.717) is 12.2 Å². The van der Waals surface area contributed by atoms with E-state index in [2.05, 4.69) is 59.7 Å². The van der Waals surface area contributed by atoms with Gasteiger partial charge in [-0.1, -0.05) is 38.5 Å². The molecule has 1 aliphatic rings. The number of rotatable bonds is 6. The Kier molecular flexibility index (Phi) is 6.70. The first-order valence-corrected chi connectivity index (χ1v) is 9.48. The van der Waals surface area contributed by atoms with Crippen molar-refractivity contribution >= 4 is 0 Å². The first-order valence-electron chi connectivity index (χ1n) is 9.48. The number of hydrogen-bond acceptors (Lipinski definition) is 2. The highest BCUT2D eigenvalue weighted by atomic mass is 16.5. The van der Waals surface area contributed by atoms with Crippen LogP contribution in [0.25, 0.3) is 0 Å². The Morgan fingerprint density at radius 3 is 2.42 bits per heavy atom. The van der Waals surface area contributed by atoms with Gasteiger partial charge in [0, 0.05) is 0 Å². The summed E-state index contributed by atoms with van der Waals surface area (Å²) in [7, 11) is 0. The Morgan fingerprint density at radius 1 is 1.12 bits per heavy atom. The van der Waals surface area contributed by atoms with Crippen molar-refractivity contribution in [1.29, 1.82) is 0 Å². The number of hydrogen-bond donors (Lipinski definition) is 1. The van der Waals surface area contributed by atoms with E-state index >= 15 is 0 Å². The van der Waals surface area contributed by atoms with Crippen LogP contribution < -0.4 is 9.64 Å². The van der Waals surface area contributed by atoms with Crippen molar-refractivity contribution in [1.82, 2.24) is 0 Å². The smallest absolute Gasteiger partial charge is 0.123 e. The van der Waals surface area contributed by atoms with Gasteiger partial charge in [-0.2, -0.15) is 0 Å². The van der Waals surface area contributed by atoms with E-state index < -0.39 is 0 Å². The molecule has 0 amide bonds. The highest BCUT2D eigenvalue weighted by Crippen LogP contribution is 2.32. The number of benzene rings is 1. The molecule has 1 N–H and O–H groups in total. The SMILES string of the molecule is Cc1ccc(OCCCC[NH+]2C[C@H](C)O[C@@H](C)C2)c(C(C)(C)C)c1. The molecule has 0 aromatic heterocycles. The van der Waals surface area contributed by atoms with E-state index in [9.17, 15) is 0 Å². The molecule has 24 heavy (non-hydrogen) atoms. The topological polar surface area (TPSA) is 22.9 Å². The highest BCUT2D eigenvalue weighted by molar-refractivity contribution is 5.41. The zero-order valence-electron chi connectivity index (χ0n) is 16.4. The van der Waals surface area contributed by atoms with Crippen LogP contribution in [0, 0.1) is 6.92 Å². The summed E-state index contributed by atoms with van der Waals surface area (Å²) in [6.07, 6.45) is 3.11. The van der Waals surface area contributed by atoms with E-state index in [4.69, 9.17) is 9.47 Å². The van der Waals surface area contributed by atoms with E-state index in [1.807, 2.05) is 0 Å². The van der Waals surface area contributed by atoms with Gasteiger partial charge in [0.15, 0.2) is 0 Å². The molecule has 0 aliphatic carbocycles. The summed E-state index contributed by atoms with van der Waals surface area (Å²) in [5, 5.41) is 0. The largest absolute Gasteiger partial charge is 0.493 e. The normalized spacial score (nSPS) is 24.8. The summed E-state index contributed by atoms with van der Waals surface area (Å²) in [6, 6.07) is 6.54. The molecule has 2 atom stereocenters. The Hall–Kier alpha value is -1.06. The van der Waals surface area contributed by atoms with Crippen molar-refractivity contribution in [2.24, 2.45) is 0 Å². The van der Waals surface area contributed by atoms with Crippen LogP contribution in [-0.2, 0) is 10.2 Å². The van der Waals surface area contributed by atoms with Gasteiger partial charge >= 0.3 is 0 Å². The van der Waals surface area contributed by atoms with Gasteiger partial charge in [-0.3, -0.25) is 0 Å². The summed E-state index contributed by atoms with van der Waals surface area (Å²) in [5.74, 6) is 1.05. The molecule has 0 unspecified atom stereocenters. The van der Waals surface area contributed by atoms with Gasteiger partial charge in [0.2, 0.25) is 0 Å². The number of quaternary nitrogens is 1. The maximum Gasteiger partial charge on any atom is 0.123 e. The molecule has 1 aromatic rings.